The number of urea groups is 1. The molecule has 8 heteroatoms. The number of imide groups is 1. The van der Waals surface area contributed by atoms with Crippen molar-refractivity contribution in [3.8, 4) is 0 Å². The number of benzene rings is 1. The standard InChI is InChI=1S/C19H17FN4O3/c20-14-8-4-9-21-16(14)18(26)22-10-5-11-23-15(12-22)17(25)24(19(23)27)13-6-2-1-3-7-13/h1-4,6-9,15H,5,10-12H2. The van der Waals surface area contributed by atoms with Gasteiger partial charge in [0.2, 0.25) is 0 Å². The van der Waals surface area contributed by atoms with Gasteiger partial charge in [-0.1, -0.05) is 18.2 Å². The third-order valence-corrected chi connectivity index (χ3v) is 4.80. The maximum Gasteiger partial charge on any atom is 0.332 e. The van der Waals surface area contributed by atoms with Gasteiger partial charge in [-0.05, 0) is 30.7 Å². The number of carbonyl (C=O) groups is 3. The van der Waals surface area contributed by atoms with Crippen molar-refractivity contribution in [1.29, 1.82) is 0 Å². The molecule has 2 aromatic rings. The van der Waals surface area contributed by atoms with Crippen molar-refractivity contribution >= 4 is 23.5 Å². The summed E-state index contributed by atoms with van der Waals surface area (Å²) in [6.07, 6.45) is 1.85. The van der Waals surface area contributed by atoms with Crippen molar-refractivity contribution < 1.29 is 18.8 Å². The summed E-state index contributed by atoms with van der Waals surface area (Å²) < 4.78 is 13.9. The van der Waals surface area contributed by atoms with Crippen LogP contribution in [0.5, 0.6) is 0 Å². The Morgan fingerprint density at radius 2 is 1.85 bits per heavy atom. The Bertz CT molecular complexity index is 905. The van der Waals surface area contributed by atoms with Crippen LogP contribution in [0, 0.1) is 5.82 Å². The van der Waals surface area contributed by atoms with Crippen molar-refractivity contribution in [2.45, 2.75) is 12.5 Å². The minimum absolute atomic E-state index is 0.0166. The molecule has 3 heterocycles. The van der Waals surface area contributed by atoms with Gasteiger partial charge in [0.25, 0.3) is 11.8 Å². The van der Waals surface area contributed by atoms with E-state index in [1.807, 2.05) is 0 Å². The van der Waals surface area contributed by atoms with Crippen LogP contribution in [0.15, 0.2) is 48.7 Å². The molecule has 2 aliphatic rings. The summed E-state index contributed by atoms with van der Waals surface area (Å²) in [6, 6.07) is 10.1. The van der Waals surface area contributed by atoms with Gasteiger partial charge in [0, 0.05) is 19.3 Å². The Kier molecular flexibility index (Phi) is 4.31. The highest BCUT2D eigenvalue weighted by atomic mass is 19.1. The van der Waals surface area contributed by atoms with Crippen LogP contribution in [0.4, 0.5) is 14.9 Å². The van der Waals surface area contributed by atoms with E-state index in [0.29, 0.717) is 25.2 Å². The van der Waals surface area contributed by atoms with Gasteiger partial charge in [0.15, 0.2) is 11.5 Å². The summed E-state index contributed by atoms with van der Waals surface area (Å²) in [6.45, 7) is 0.698. The molecule has 0 radical (unpaired) electrons. The van der Waals surface area contributed by atoms with E-state index in [4.69, 9.17) is 0 Å². The van der Waals surface area contributed by atoms with E-state index >= 15 is 0 Å². The van der Waals surface area contributed by atoms with Gasteiger partial charge < -0.3 is 9.80 Å². The number of hydrogen-bond acceptors (Lipinski definition) is 4. The molecule has 2 aliphatic heterocycles. The fourth-order valence-corrected chi connectivity index (χ4v) is 3.49. The molecule has 1 aromatic heterocycles. The maximum absolute atomic E-state index is 13.9. The number of halogens is 1. The Balaban J connectivity index is 1.61. The SMILES string of the molecule is O=C(c1ncccc1F)N1CCCN2C(=O)N(c3ccccc3)C(=O)C2C1. The highest BCUT2D eigenvalue weighted by Crippen LogP contribution is 2.27. The summed E-state index contributed by atoms with van der Waals surface area (Å²) >= 11 is 0. The van der Waals surface area contributed by atoms with Crippen LogP contribution in [0.2, 0.25) is 0 Å². The number of pyridine rings is 1. The van der Waals surface area contributed by atoms with Crippen LogP contribution < -0.4 is 4.90 Å². The van der Waals surface area contributed by atoms with E-state index in [9.17, 15) is 18.8 Å². The van der Waals surface area contributed by atoms with E-state index in [-0.39, 0.29) is 18.1 Å². The Labute approximate surface area is 155 Å². The number of para-hydroxylation sites is 1. The molecule has 0 aliphatic carbocycles. The molecule has 7 nitrogen and oxygen atoms in total. The number of aromatic nitrogens is 1. The lowest BCUT2D eigenvalue weighted by Gasteiger charge is -2.23. The number of fused-ring (bicyclic) bond motifs is 1. The Hall–Kier alpha value is -3.29. The Morgan fingerprint density at radius 1 is 1.07 bits per heavy atom. The van der Waals surface area contributed by atoms with Crippen LogP contribution in [-0.2, 0) is 4.79 Å². The molecule has 0 bridgehead atoms. The first-order chi connectivity index (χ1) is 13.1. The van der Waals surface area contributed by atoms with Crippen molar-refractivity contribution in [1.82, 2.24) is 14.8 Å². The number of nitrogens with zero attached hydrogens (tertiary/aromatic N) is 4. The molecular weight excluding hydrogens is 351 g/mol. The van der Waals surface area contributed by atoms with Gasteiger partial charge in [0.05, 0.1) is 12.2 Å². The fourth-order valence-electron chi connectivity index (χ4n) is 3.49. The lowest BCUT2D eigenvalue weighted by atomic mass is 10.2. The third-order valence-electron chi connectivity index (χ3n) is 4.80. The van der Waals surface area contributed by atoms with Gasteiger partial charge in [-0.2, -0.15) is 0 Å². The number of anilines is 1. The Morgan fingerprint density at radius 3 is 2.59 bits per heavy atom. The van der Waals surface area contributed by atoms with Gasteiger partial charge in [-0.3, -0.25) is 9.59 Å². The molecule has 4 rings (SSSR count). The minimum atomic E-state index is -0.782. The lowest BCUT2D eigenvalue weighted by Crippen LogP contribution is -2.44. The molecule has 0 N–H and O–H groups in total. The van der Waals surface area contributed by atoms with Crippen LogP contribution in [0.3, 0.4) is 0 Å². The zero-order valence-electron chi connectivity index (χ0n) is 14.4. The zero-order chi connectivity index (χ0) is 19.0. The largest absolute Gasteiger partial charge is 0.335 e. The second-order valence-electron chi connectivity index (χ2n) is 6.44. The van der Waals surface area contributed by atoms with E-state index in [1.165, 1.54) is 28.1 Å². The fraction of sp³-hybridized carbons (Fsp3) is 0.263. The minimum Gasteiger partial charge on any atom is -0.335 e. The van der Waals surface area contributed by atoms with Gasteiger partial charge in [-0.25, -0.2) is 19.1 Å². The highest BCUT2D eigenvalue weighted by molar-refractivity contribution is 6.21. The molecule has 27 heavy (non-hydrogen) atoms. The van der Waals surface area contributed by atoms with Gasteiger partial charge in [-0.15, -0.1) is 0 Å². The van der Waals surface area contributed by atoms with Gasteiger partial charge >= 0.3 is 6.03 Å². The normalized spacial score (nSPS) is 19.9. The summed E-state index contributed by atoms with van der Waals surface area (Å²) in [7, 11) is 0. The molecule has 1 unspecified atom stereocenters. The van der Waals surface area contributed by atoms with Crippen molar-refractivity contribution in [2.75, 3.05) is 24.5 Å². The zero-order valence-corrected chi connectivity index (χ0v) is 14.4. The molecule has 2 saturated heterocycles. The summed E-state index contributed by atoms with van der Waals surface area (Å²) in [5.74, 6) is -1.66. The molecule has 1 aromatic carbocycles. The van der Waals surface area contributed by atoms with Gasteiger partial charge in [0.1, 0.15) is 6.04 Å². The quantitative estimate of drug-likeness (QED) is 0.759. The average molecular weight is 368 g/mol. The first kappa shape index (κ1) is 17.1. The van der Waals surface area contributed by atoms with E-state index in [1.54, 1.807) is 30.3 Å². The second kappa shape index (κ2) is 6.79. The second-order valence-corrected chi connectivity index (χ2v) is 6.44. The van der Waals surface area contributed by atoms with E-state index < -0.39 is 23.8 Å². The average Bonchev–Trinajstić information content (AvgIpc) is 2.83. The smallest absolute Gasteiger partial charge is 0.332 e. The molecule has 4 amide bonds. The first-order valence-corrected chi connectivity index (χ1v) is 8.67. The summed E-state index contributed by atoms with van der Waals surface area (Å²) in [5, 5.41) is 0. The number of hydrogen-bond donors (Lipinski definition) is 0. The third kappa shape index (κ3) is 2.92. The predicted octanol–water partition coefficient (Wildman–Crippen LogP) is 1.90. The van der Waals surface area contributed by atoms with Crippen LogP contribution in [0.25, 0.3) is 0 Å². The summed E-state index contributed by atoms with van der Waals surface area (Å²) in [4.78, 5) is 46.2. The maximum atomic E-state index is 13.9. The van der Waals surface area contributed by atoms with E-state index in [0.717, 1.165) is 4.90 Å². The molecule has 2 fully saturated rings. The van der Waals surface area contributed by atoms with Crippen molar-refractivity contribution in [2.24, 2.45) is 0 Å². The molecule has 0 spiro atoms. The first-order valence-electron chi connectivity index (χ1n) is 8.67. The molecule has 1 atom stereocenters. The van der Waals surface area contributed by atoms with Crippen molar-refractivity contribution in [3.05, 3.63) is 60.2 Å². The van der Waals surface area contributed by atoms with Crippen LogP contribution in [0.1, 0.15) is 16.9 Å². The van der Waals surface area contributed by atoms with Crippen LogP contribution >= 0.6 is 0 Å². The number of amides is 4. The van der Waals surface area contributed by atoms with Crippen molar-refractivity contribution in [3.63, 3.8) is 0 Å². The monoisotopic (exact) mass is 368 g/mol. The molecular formula is C19H17FN4O3. The van der Waals surface area contributed by atoms with E-state index in [2.05, 4.69) is 4.98 Å². The topological polar surface area (TPSA) is 73.8 Å². The lowest BCUT2D eigenvalue weighted by molar-refractivity contribution is -0.119. The number of rotatable bonds is 2. The van der Waals surface area contributed by atoms with Crippen LogP contribution in [-0.4, -0.2) is 58.3 Å². The number of carbonyl (C=O) groups excluding carboxylic acids is 3. The highest BCUT2D eigenvalue weighted by Gasteiger charge is 2.47. The molecule has 0 saturated carbocycles. The predicted molar refractivity (Wildman–Crippen MR) is 94.5 cm³/mol. The molecule has 138 valence electrons. The summed E-state index contributed by atoms with van der Waals surface area (Å²) in [5.41, 5.74) is 0.219.